The molecule has 0 aromatic heterocycles. The number of aliphatic carboxylic acids is 1. The van der Waals surface area contributed by atoms with E-state index in [0.717, 1.165) is 0 Å². The van der Waals surface area contributed by atoms with Crippen LogP contribution in [0.5, 0.6) is 0 Å². The first-order valence-corrected chi connectivity index (χ1v) is 8.66. The molecule has 1 saturated carbocycles. The maximum atomic E-state index is 12.3. The third kappa shape index (κ3) is 4.59. The minimum atomic E-state index is -1.53. The van der Waals surface area contributed by atoms with Crippen LogP contribution in [-0.2, 0) is 14.3 Å². The highest BCUT2D eigenvalue weighted by atomic mass is 16.5. The molecule has 1 fully saturated rings. The molecule has 0 aromatic carbocycles. The number of hydrogen-bond donors (Lipinski definition) is 5. The third-order valence-corrected chi connectivity index (χ3v) is 5.34. The van der Waals surface area contributed by atoms with Crippen molar-refractivity contribution in [3.63, 3.8) is 0 Å². The first-order valence-electron chi connectivity index (χ1n) is 8.66. The molecule has 0 heterocycles. The van der Waals surface area contributed by atoms with Gasteiger partial charge in [0, 0.05) is 11.5 Å². The quantitative estimate of drug-likeness (QED) is 0.211. The number of ether oxygens (including phenoxy) is 1. The molecule has 6 atom stereocenters. The molecule has 1 aliphatic carbocycles. The van der Waals surface area contributed by atoms with Crippen molar-refractivity contribution in [1.29, 1.82) is 0 Å². The van der Waals surface area contributed by atoms with Crippen LogP contribution >= 0.6 is 0 Å². The maximum absolute atomic E-state index is 12.3. The number of allylic oxidation sites excluding steroid dienone is 1. The lowest BCUT2D eigenvalue weighted by Gasteiger charge is -2.50. The predicted octanol–water partition coefficient (Wildman–Crippen LogP) is 0.186. The van der Waals surface area contributed by atoms with Gasteiger partial charge in [-0.15, -0.1) is 6.58 Å². The molecule has 0 radical (unpaired) electrons. The van der Waals surface area contributed by atoms with Gasteiger partial charge < -0.3 is 30.3 Å². The van der Waals surface area contributed by atoms with Gasteiger partial charge in [0.05, 0.1) is 30.8 Å². The Hall–Kier alpha value is -2.26. The zero-order chi connectivity index (χ0) is 21.8. The van der Waals surface area contributed by atoms with E-state index in [-0.39, 0.29) is 17.6 Å². The van der Waals surface area contributed by atoms with E-state index >= 15 is 0 Å². The van der Waals surface area contributed by atoms with Gasteiger partial charge >= 0.3 is 11.9 Å². The molecule has 0 spiro atoms. The number of carbonyl (C=O) groups excluding carboxylic acids is 1. The number of aliphatic hydroxyl groups is 4. The molecule has 0 aromatic rings. The number of carboxylic acid groups (broad SMARTS) is 1. The molecule has 156 valence electrons. The van der Waals surface area contributed by atoms with Crippen molar-refractivity contribution in [3.05, 3.63) is 49.1 Å². The van der Waals surface area contributed by atoms with Crippen molar-refractivity contribution in [2.75, 3.05) is 13.2 Å². The van der Waals surface area contributed by atoms with Gasteiger partial charge in [-0.2, -0.15) is 0 Å². The molecule has 5 N–H and O–H groups in total. The summed E-state index contributed by atoms with van der Waals surface area (Å²) >= 11 is 0. The van der Waals surface area contributed by atoms with Crippen LogP contribution in [0, 0.1) is 17.3 Å². The lowest BCUT2D eigenvalue weighted by atomic mass is 9.58. The first kappa shape index (κ1) is 23.8. The smallest absolute Gasteiger partial charge is 0.336 e. The zero-order valence-corrected chi connectivity index (χ0v) is 15.9. The van der Waals surface area contributed by atoms with Crippen LogP contribution in [0.2, 0.25) is 0 Å². The van der Waals surface area contributed by atoms with Gasteiger partial charge in [0.15, 0.2) is 0 Å². The summed E-state index contributed by atoms with van der Waals surface area (Å²) in [4.78, 5) is 23.8. The van der Waals surface area contributed by atoms with Crippen molar-refractivity contribution in [1.82, 2.24) is 0 Å². The van der Waals surface area contributed by atoms with Gasteiger partial charge in [0.2, 0.25) is 0 Å². The number of aliphatic hydroxyl groups excluding tert-OH is 4. The van der Waals surface area contributed by atoms with Crippen LogP contribution in [-0.4, -0.2) is 69.0 Å². The van der Waals surface area contributed by atoms with Gasteiger partial charge in [-0.1, -0.05) is 32.7 Å². The largest absolute Gasteiger partial charge is 0.478 e. The molecule has 0 unspecified atom stereocenters. The maximum Gasteiger partial charge on any atom is 0.336 e. The van der Waals surface area contributed by atoms with E-state index < -0.39 is 66.3 Å². The molecule has 1 rings (SSSR count). The van der Waals surface area contributed by atoms with Crippen LogP contribution in [0.25, 0.3) is 0 Å². The standard InChI is InChI=1S/C20H28O8/c1-6-20(5)7-14(28-19(27)11(3)13(23)9-22)15(12(4)18(25)26)17(24)16(20)10(2)8-21/h6,13-17,21-24H,1-4,7-9H2,5H3,(H,25,26)/t13-,14-,15+,16+,17+,20+/m1/s1. The molecule has 28 heavy (non-hydrogen) atoms. The van der Waals surface area contributed by atoms with E-state index in [2.05, 4.69) is 26.3 Å². The predicted molar refractivity (Wildman–Crippen MR) is 101 cm³/mol. The summed E-state index contributed by atoms with van der Waals surface area (Å²) in [5.74, 6) is -4.36. The first-order chi connectivity index (χ1) is 12.9. The Balaban J connectivity index is 3.35. The number of carbonyl (C=O) groups is 2. The Morgan fingerprint density at radius 1 is 1.29 bits per heavy atom. The summed E-state index contributed by atoms with van der Waals surface area (Å²) in [6, 6.07) is 0. The fourth-order valence-corrected chi connectivity index (χ4v) is 3.67. The molecule has 0 amide bonds. The summed E-state index contributed by atoms with van der Waals surface area (Å²) < 4.78 is 5.36. The van der Waals surface area contributed by atoms with Crippen LogP contribution in [0.3, 0.4) is 0 Å². The Bertz CT molecular complexity index is 682. The minimum absolute atomic E-state index is 0.0580. The van der Waals surface area contributed by atoms with Crippen LogP contribution in [0.15, 0.2) is 49.1 Å². The number of hydrogen-bond acceptors (Lipinski definition) is 7. The lowest BCUT2D eigenvalue weighted by molar-refractivity contribution is -0.162. The van der Waals surface area contributed by atoms with Crippen molar-refractivity contribution in [3.8, 4) is 0 Å². The van der Waals surface area contributed by atoms with Gasteiger partial charge in [-0.3, -0.25) is 0 Å². The molecule has 1 aliphatic rings. The number of esters is 1. The summed E-state index contributed by atoms with van der Waals surface area (Å²) in [5, 5.41) is 48.4. The summed E-state index contributed by atoms with van der Waals surface area (Å²) in [6.45, 7) is 14.9. The Labute approximate surface area is 163 Å². The van der Waals surface area contributed by atoms with Gasteiger partial charge in [-0.25, -0.2) is 9.59 Å². The van der Waals surface area contributed by atoms with E-state index in [0.29, 0.717) is 0 Å². The van der Waals surface area contributed by atoms with Gasteiger partial charge in [-0.05, 0) is 17.4 Å². The fraction of sp³-hybridized carbons (Fsp3) is 0.500. The second-order valence-corrected chi connectivity index (χ2v) is 7.22. The van der Waals surface area contributed by atoms with E-state index in [9.17, 15) is 30.0 Å². The Kier molecular flexibility index (Phi) is 7.89. The second kappa shape index (κ2) is 9.29. The average Bonchev–Trinajstić information content (AvgIpc) is 2.65. The zero-order valence-electron chi connectivity index (χ0n) is 15.9. The highest BCUT2D eigenvalue weighted by Crippen LogP contribution is 2.50. The van der Waals surface area contributed by atoms with Crippen molar-refractivity contribution in [2.24, 2.45) is 17.3 Å². The normalized spacial score (nSPS) is 30.8. The highest BCUT2D eigenvalue weighted by Gasteiger charge is 2.53. The lowest BCUT2D eigenvalue weighted by Crippen LogP contribution is -2.54. The number of carboxylic acids is 1. The topological polar surface area (TPSA) is 145 Å². The monoisotopic (exact) mass is 396 g/mol. The third-order valence-electron chi connectivity index (χ3n) is 5.34. The van der Waals surface area contributed by atoms with E-state index in [4.69, 9.17) is 9.84 Å². The second-order valence-electron chi connectivity index (χ2n) is 7.22. The summed E-state index contributed by atoms with van der Waals surface area (Å²) in [6.07, 6.45) is -2.45. The molecule has 8 heteroatoms. The van der Waals surface area contributed by atoms with Crippen molar-refractivity contribution < 1.29 is 39.9 Å². The van der Waals surface area contributed by atoms with Crippen molar-refractivity contribution >= 4 is 11.9 Å². The van der Waals surface area contributed by atoms with Crippen LogP contribution < -0.4 is 0 Å². The van der Waals surface area contributed by atoms with E-state index in [1.165, 1.54) is 6.08 Å². The van der Waals surface area contributed by atoms with Gasteiger partial charge in [0.1, 0.15) is 12.2 Å². The SMILES string of the molecule is C=C[C@@]1(C)C[C@@H](OC(=O)C(=C)[C@H](O)CO)[C@H](C(=C)C(=O)O)[C@H](O)[C@@H]1C(=C)CO. The van der Waals surface area contributed by atoms with Crippen LogP contribution in [0.1, 0.15) is 13.3 Å². The van der Waals surface area contributed by atoms with Gasteiger partial charge in [0.25, 0.3) is 0 Å². The average molecular weight is 396 g/mol. The van der Waals surface area contributed by atoms with Crippen molar-refractivity contribution in [2.45, 2.75) is 31.7 Å². The minimum Gasteiger partial charge on any atom is -0.478 e. The van der Waals surface area contributed by atoms with E-state index in [1.54, 1.807) is 6.92 Å². The van der Waals surface area contributed by atoms with Crippen LogP contribution in [0.4, 0.5) is 0 Å². The molecule has 0 bridgehead atoms. The molecular weight excluding hydrogens is 368 g/mol. The molecule has 0 saturated heterocycles. The highest BCUT2D eigenvalue weighted by molar-refractivity contribution is 5.89. The molecule has 8 nitrogen and oxygen atoms in total. The summed E-state index contributed by atoms with van der Waals surface area (Å²) in [5.41, 5.74) is -1.38. The summed E-state index contributed by atoms with van der Waals surface area (Å²) in [7, 11) is 0. The fourth-order valence-electron chi connectivity index (χ4n) is 3.67. The molecular formula is C20H28O8. The Morgan fingerprint density at radius 3 is 2.29 bits per heavy atom. The molecule has 0 aliphatic heterocycles. The van der Waals surface area contributed by atoms with E-state index in [1.807, 2.05) is 0 Å². The Morgan fingerprint density at radius 2 is 1.86 bits per heavy atom. The number of rotatable bonds is 9.